The molecule has 2 aromatic heterocycles. The Kier molecular flexibility index (Phi) is 5.71. The van der Waals surface area contributed by atoms with E-state index < -0.39 is 0 Å². The third kappa shape index (κ3) is 4.20. The quantitative estimate of drug-likeness (QED) is 0.637. The third-order valence-electron chi connectivity index (χ3n) is 4.51. The van der Waals surface area contributed by atoms with Crippen LogP contribution in [0.5, 0.6) is 5.75 Å². The van der Waals surface area contributed by atoms with Crippen LogP contribution in [0, 0.1) is 5.92 Å². The van der Waals surface area contributed by atoms with E-state index in [0.717, 1.165) is 36.3 Å². The fraction of sp³-hybridized carbons (Fsp3) is 0.381. The average Bonchev–Trinajstić information content (AvgIpc) is 3.04. The summed E-state index contributed by atoms with van der Waals surface area (Å²) in [7, 11) is 1.73. The Balaban J connectivity index is 1.70. The topological polar surface area (TPSA) is 49.9 Å². The van der Waals surface area contributed by atoms with E-state index in [1.807, 2.05) is 24.4 Å². The van der Waals surface area contributed by atoms with Crippen LogP contribution >= 0.6 is 0 Å². The van der Waals surface area contributed by atoms with Gasteiger partial charge in [-0.3, -0.25) is 4.98 Å². The minimum absolute atomic E-state index is 0.285. The van der Waals surface area contributed by atoms with Crippen molar-refractivity contribution >= 4 is 10.9 Å². The number of H-pyrrole nitrogens is 1. The van der Waals surface area contributed by atoms with Crippen molar-refractivity contribution in [2.45, 2.75) is 32.7 Å². The van der Waals surface area contributed by atoms with Gasteiger partial charge in [-0.2, -0.15) is 0 Å². The Hall–Kier alpha value is -2.33. The molecule has 132 valence electrons. The molecule has 0 amide bonds. The second-order valence-corrected chi connectivity index (χ2v) is 6.84. The molecule has 0 aliphatic rings. The van der Waals surface area contributed by atoms with Gasteiger partial charge in [-0.15, -0.1) is 0 Å². The van der Waals surface area contributed by atoms with Gasteiger partial charge in [0.05, 0.1) is 12.8 Å². The van der Waals surface area contributed by atoms with E-state index >= 15 is 0 Å². The average molecular weight is 337 g/mol. The number of nitrogens with one attached hydrogen (secondary N) is 2. The molecule has 1 atom stereocenters. The second-order valence-electron chi connectivity index (χ2n) is 6.84. The van der Waals surface area contributed by atoms with Crippen molar-refractivity contribution in [1.29, 1.82) is 0 Å². The van der Waals surface area contributed by atoms with Crippen LogP contribution in [0.2, 0.25) is 0 Å². The van der Waals surface area contributed by atoms with E-state index in [4.69, 9.17) is 4.74 Å². The smallest absolute Gasteiger partial charge is 0.128 e. The Morgan fingerprint density at radius 1 is 1.16 bits per heavy atom. The summed E-state index contributed by atoms with van der Waals surface area (Å²) in [6.45, 7) is 5.41. The minimum Gasteiger partial charge on any atom is -0.496 e. The molecule has 0 radical (unpaired) electrons. The molecule has 0 fully saturated rings. The molecule has 0 aliphatic carbocycles. The maximum atomic E-state index is 5.53. The lowest BCUT2D eigenvalue weighted by Gasteiger charge is -2.20. The highest BCUT2D eigenvalue weighted by molar-refractivity contribution is 5.89. The van der Waals surface area contributed by atoms with Crippen LogP contribution in [0.25, 0.3) is 10.9 Å². The third-order valence-corrected chi connectivity index (χ3v) is 4.51. The lowest BCUT2D eigenvalue weighted by atomic mass is 10.00. The van der Waals surface area contributed by atoms with E-state index in [2.05, 4.69) is 53.5 Å². The summed E-state index contributed by atoms with van der Waals surface area (Å²) in [4.78, 5) is 7.88. The number of hydrogen-bond donors (Lipinski definition) is 2. The van der Waals surface area contributed by atoms with Gasteiger partial charge in [0.2, 0.25) is 0 Å². The molecule has 4 nitrogen and oxygen atoms in total. The van der Waals surface area contributed by atoms with Crippen molar-refractivity contribution in [3.8, 4) is 5.75 Å². The first-order chi connectivity index (χ1) is 12.2. The summed E-state index contributed by atoms with van der Waals surface area (Å²) < 4.78 is 5.53. The molecule has 0 unspecified atom stereocenters. The number of aromatic nitrogens is 2. The van der Waals surface area contributed by atoms with Gasteiger partial charge >= 0.3 is 0 Å². The molecular formula is C21H27N3O. The Morgan fingerprint density at radius 2 is 2.04 bits per heavy atom. The molecular weight excluding hydrogens is 310 g/mol. The number of fused-ring (bicyclic) bond motifs is 1. The first-order valence-electron chi connectivity index (χ1n) is 8.96. The largest absolute Gasteiger partial charge is 0.496 e. The van der Waals surface area contributed by atoms with E-state index in [1.165, 1.54) is 10.9 Å². The summed E-state index contributed by atoms with van der Waals surface area (Å²) in [5.74, 6) is 1.55. The highest BCUT2D eigenvalue weighted by atomic mass is 16.5. The van der Waals surface area contributed by atoms with Crippen LogP contribution in [0.15, 0.2) is 48.8 Å². The molecule has 0 saturated heterocycles. The lowest BCUT2D eigenvalue weighted by Crippen LogP contribution is -2.25. The number of hydrogen-bond acceptors (Lipinski definition) is 3. The first kappa shape index (κ1) is 17.5. The SMILES string of the molecule is COc1cccc2[nH]cc(CCN[C@H](CC(C)C)c3ccccn3)c12. The van der Waals surface area contributed by atoms with Gasteiger partial charge in [-0.05, 0) is 55.1 Å². The zero-order valence-corrected chi connectivity index (χ0v) is 15.3. The number of aromatic amines is 1. The number of ether oxygens (including phenoxy) is 1. The molecule has 0 spiro atoms. The molecule has 4 heteroatoms. The fourth-order valence-corrected chi connectivity index (χ4v) is 3.33. The van der Waals surface area contributed by atoms with Crippen molar-refractivity contribution in [3.63, 3.8) is 0 Å². The van der Waals surface area contributed by atoms with Crippen LogP contribution in [0.3, 0.4) is 0 Å². The standard InChI is InChI=1S/C21H27N3O/c1-15(2)13-19(17-7-4-5-11-22-17)23-12-10-16-14-24-18-8-6-9-20(25-3)21(16)18/h4-9,11,14-15,19,23-24H,10,12-13H2,1-3H3/t19-/m1/s1. The van der Waals surface area contributed by atoms with Crippen LogP contribution in [0.4, 0.5) is 0 Å². The molecule has 3 rings (SSSR count). The summed E-state index contributed by atoms with van der Waals surface area (Å²) in [5, 5.41) is 4.88. The van der Waals surface area contributed by atoms with Crippen LogP contribution in [0.1, 0.15) is 37.6 Å². The van der Waals surface area contributed by atoms with Gasteiger partial charge < -0.3 is 15.0 Å². The van der Waals surface area contributed by atoms with Gasteiger partial charge in [0, 0.05) is 29.3 Å². The number of rotatable bonds is 8. The lowest BCUT2D eigenvalue weighted by molar-refractivity contribution is 0.418. The molecule has 0 bridgehead atoms. The van der Waals surface area contributed by atoms with Crippen molar-refractivity contribution in [2.75, 3.05) is 13.7 Å². The van der Waals surface area contributed by atoms with Crippen LogP contribution in [-0.2, 0) is 6.42 Å². The molecule has 3 aromatic rings. The fourth-order valence-electron chi connectivity index (χ4n) is 3.33. The van der Waals surface area contributed by atoms with Crippen LogP contribution in [-0.4, -0.2) is 23.6 Å². The Bertz CT molecular complexity index is 795. The Morgan fingerprint density at radius 3 is 2.76 bits per heavy atom. The maximum Gasteiger partial charge on any atom is 0.128 e. The number of methoxy groups -OCH3 is 1. The molecule has 0 saturated carbocycles. The zero-order chi connectivity index (χ0) is 17.6. The van der Waals surface area contributed by atoms with E-state index in [0.29, 0.717) is 5.92 Å². The van der Waals surface area contributed by atoms with Crippen molar-refractivity contribution in [3.05, 3.63) is 60.0 Å². The summed E-state index contributed by atoms with van der Waals surface area (Å²) in [6.07, 6.45) is 5.98. The molecule has 2 heterocycles. The van der Waals surface area contributed by atoms with Gasteiger partial charge in [-0.1, -0.05) is 26.0 Å². The Labute approximate surface area is 149 Å². The summed E-state index contributed by atoms with van der Waals surface area (Å²) >= 11 is 0. The van der Waals surface area contributed by atoms with Crippen LogP contribution < -0.4 is 10.1 Å². The van der Waals surface area contributed by atoms with Gasteiger partial charge in [0.15, 0.2) is 0 Å². The molecule has 0 aliphatic heterocycles. The normalized spacial score (nSPS) is 12.6. The van der Waals surface area contributed by atoms with Crippen molar-refractivity contribution < 1.29 is 4.74 Å². The molecule has 1 aromatic carbocycles. The number of pyridine rings is 1. The maximum absolute atomic E-state index is 5.53. The van der Waals surface area contributed by atoms with Gasteiger partial charge in [0.25, 0.3) is 0 Å². The summed E-state index contributed by atoms with van der Waals surface area (Å²) in [6, 6.07) is 12.5. The zero-order valence-electron chi connectivity index (χ0n) is 15.3. The highest BCUT2D eigenvalue weighted by Crippen LogP contribution is 2.29. The van der Waals surface area contributed by atoms with Crippen molar-refractivity contribution in [1.82, 2.24) is 15.3 Å². The predicted octanol–water partition coefficient (Wildman–Crippen LogP) is 4.49. The minimum atomic E-state index is 0.285. The van der Waals surface area contributed by atoms with E-state index in [-0.39, 0.29) is 6.04 Å². The highest BCUT2D eigenvalue weighted by Gasteiger charge is 2.15. The monoisotopic (exact) mass is 337 g/mol. The predicted molar refractivity (Wildman–Crippen MR) is 103 cm³/mol. The van der Waals surface area contributed by atoms with Gasteiger partial charge in [-0.25, -0.2) is 0 Å². The number of nitrogens with zero attached hydrogens (tertiary/aromatic N) is 1. The molecule has 25 heavy (non-hydrogen) atoms. The van der Waals surface area contributed by atoms with E-state index in [1.54, 1.807) is 7.11 Å². The van der Waals surface area contributed by atoms with Crippen molar-refractivity contribution in [2.24, 2.45) is 5.92 Å². The summed E-state index contributed by atoms with van der Waals surface area (Å²) in [5.41, 5.74) is 3.52. The second kappa shape index (κ2) is 8.17. The van der Waals surface area contributed by atoms with E-state index in [9.17, 15) is 0 Å². The first-order valence-corrected chi connectivity index (χ1v) is 8.96. The molecule has 2 N–H and O–H groups in total. The van der Waals surface area contributed by atoms with Gasteiger partial charge in [0.1, 0.15) is 5.75 Å². The number of benzene rings is 1.